The van der Waals surface area contributed by atoms with Gasteiger partial charge in [-0.2, -0.15) is 0 Å². The molecular weight excluding hydrogens is 352 g/mol. The van der Waals surface area contributed by atoms with Crippen LogP contribution in [0.2, 0.25) is 0 Å². The van der Waals surface area contributed by atoms with Crippen LogP contribution in [0.15, 0.2) is 83.8 Å². The van der Waals surface area contributed by atoms with Crippen LogP contribution >= 0.6 is 11.8 Å². The Kier molecular flexibility index (Phi) is 5.01. The maximum absolute atomic E-state index is 13.4. The zero-order chi connectivity index (χ0) is 18.8. The zero-order valence-corrected chi connectivity index (χ0v) is 16.3. The fourth-order valence-electron chi connectivity index (χ4n) is 3.68. The number of para-hydroxylation sites is 1. The summed E-state index contributed by atoms with van der Waals surface area (Å²) in [6.07, 6.45) is 2.07. The maximum atomic E-state index is 13.4. The van der Waals surface area contributed by atoms with E-state index in [-0.39, 0.29) is 11.8 Å². The first-order valence-corrected chi connectivity index (χ1v) is 10.2. The number of rotatable bonds is 5. The number of hydrogen-bond acceptors (Lipinski definition) is 3. The average Bonchev–Trinajstić information content (AvgIpc) is 3.01. The normalized spacial score (nSPS) is 16.0. The number of amides is 1. The Morgan fingerprint density at radius 1 is 0.926 bits per heavy atom. The van der Waals surface area contributed by atoms with E-state index in [1.54, 1.807) is 11.8 Å². The van der Waals surface area contributed by atoms with E-state index in [1.165, 1.54) is 10.5 Å². The van der Waals surface area contributed by atoms with Crippen molar-refractivity contribution in [3.63, 3.8) is 0 Å². The van der Waals surface area contributed by atoms with Crippen molar-refractivity contribution in [1.82, 2.24) is 5.01 Å². The number of carbonyl (C=O) groups is 1. The molecule has 0 spiro atoms. The number of nitrogens with zero attached hydrogens (tertiary/aromatic N) is 2. The molecule has 3 nitrogen and oxygen atoms in total. The molecule has 0 bridgehead atoms. The third-order valence-corrected chi connectivity index (χ3v) is 5.72. The van der Waals surface area contributed by atoms with Gasteiger partial charge in [0.15, 0.2) is 0 Å². The molecule has 0 aliphatic carbocycles. The van der Waals surface area contributed by atoms with Gasteiger partial charge in [-0.3, -0.25) is 4.79 Å². The lowest BCUT2D eigenvalue weighted by Crippen LogP contribution is -2.42. The van der Waals surface area contributed by atoms with Gasteiger partial charge in [0.1, 0.15) is 0 Å². The molecule has 0 aromatic heterocycles. The van der Waals surface area contributed by atoms with E-state index in [1.807, 2.05) is 65.6 Å². The monoisotopic (exact) mass is 374 g/mol. The molecule has 1 heterocycles. The van der Waals surface area contributed by atoms with Crippen LogP contribution in [0.3, 0.4) is 0 Å². The summed E-state index contributed by atoms with van der Waals surface area (Å²) in [5.41, 5.74) is 4.26. The molecule has 4 rings (SSSR count). The van der Waals surface area contributed by atoms with E-state index in [0.29, 0.717) is 6.54 Å². The summed E-state index contributed by atoms with van der Waals surface area (Å²) in [4.78, 5) is 14.6. The standard InChI is InChI=1S/C23H22N2OS/c1-24(16-17-12-14-19(27-2)15-13-17)25-21-11-7-6-10-20(21)22(23(25)26)18-8-4-3-5-9-18/h3-15,22H,16H2,1-2H3. The second-order valence-electron chi connectivity index (χ2n) is 6.72. The average molecular weight is 375 g/mol. The second kappa shape index (κ2) is 7.59. The molecule has 1 aliphatic rings. The number of fused-ring (bicyclic) bond motifs is 1. The minimum absolute atomic E-state index is 0.102. The van der Waals surface area contributed by atoms with Gasteiger partial charge in [0.05, 0.1) is 11.6 Å². The van der Waals surface area contributed by atoms with Crippen LogP contribution in [0.5, 0.6) is 0 Å². The van der Waals surface area contributed by atoms with Gasteiger partial charge in [0, 0.05) is 18.5 Å². The molecule has 4 heteroatoms. The van der Waals surface area contributed by atoms with Gasteiger partial charge in [-0.15, -0.1) is 11.8 Å². The molecule has 1 aliphatic heterocycles. The number of benzene rings is 3. The van der Waals surface area contributed by atoms with E-state index >= 15 is 0 Å². The summed E-state index contributed by atoms with van der Waals surface area (Å²) in [5.74, 6) is -0.144. The van der Waals surface area contributed by atoms with Crippen LogP contribution in [0, 0.1) is 0 Å². The van der Waals surface area contributed by atoms with Gasteiger partial charge in [0.25, 0.3) is 5.91 Å². The molecule has 0 saturated heterocycles. The molecule has 1 amide bonds. The Labute approximate surface area is 164 Å². The highest BCUT2D eigenvalue weighted by Crippen LogP contribution is 2.41. The van der Waals surface area contributed by atoms with Crippen LogP contribution in [-0.2, 0) is 11.3 Å². The Morgan fingerprint density at radius 2 is 1.59 bits per heavy atom. The molecule has 1 unspecified atom stereocenters. The molecule has 0 saturated carbocycles. The van der Waals surface area contributed by atoms with Crippen molar-refractivity contribution in [3.8, 4) is 0 Å². The highest BCUT2D eigenvalue weighted by atomic mass is 32.2. The van der Waals surface area contributed by atoms with Gasteiger partial charge < -0.3 is 0 Å². The van der Waals surface area contributed by atoms with Gasteiger partial charge in [-0.25, -0.2) is 10.0 Å². The van der Waals surface area contributed by atoms with Crippen molar-refractivity contribution in [2.75, 3.05) is 18.3 Å². The number of carbonyl (C=O) groups excluding carboxylic acids is 1. The van der Waals surface area contributed by atoms with Crippen molar-refractivity contribution in [1.29, 1.82) is 0 Å². The number of hydrazine groups is 1. The van der Waals surface area contributed by atoms with E-state index in [0.717, 1.165) is 16.8 Å². The lowest BCUT2D eigenvalue weighted by atomic mass is 9.93. The molecule has 3 aromatic carbocycles. The quantitative estimate of drug-likeness (QED) is 0.591. The summed E-state index contributed by atoms with van der Waals surface area (Å²) >= 11 is 1.73. The first-order chi connectivity index (χ1) is 13.2. The van der Waals surface area contributed by atoms with Crippen molar-refractivity contribution >= 4 is 23.4 Å². The Bertz CT molecular complexity index is 940. The van der Waals surface area contributed by atoms with Gasteiger partial charge in [-0.1, -0.05) is 60.7 Å². The van der Waals surface area contributed by atoms with Crippen LogP contribution < -0.4 is 5.01 Å². The highest BCUT2D eigenvalue weighted by Gasteiger charge is 2.39. The smallest absolute Gasteiger partial charge is 0.253 e. The molecule has 0 fully saturated rings. The Morgan fingerprint density at radius 3 is 2.30 bits per heavy atom. The summed E-state index contributed by atoms with van der Waals surface area (Å²) in [6.45, 7) is 0.677. The largest absolute Gasteiger partial charge is 0.272 e. The van der Waals surface area contributed by atoms with E-state index in [4.69, 9.17) is 0 Å². The van der Waals surface area contributed by atoms with E-state index in [9.17, 15) is 4.79 Å². The molecule has 0 N–H and O–H groups in total. The molecular formula is C23H22N2OS. The number of hydrogen-bond donors (Lipinski definition) is 0. The SMILES string of the molecule is CSc1ccc(CN(C)N2C(=O)C(c3ccccc3)c3ccccc32)cc1. The first-order valence-electron chi connectivity index (χ1n) is 9.01. The summed E-state index contributed by atoms with van der Waals surface area (Å²) < 4.78 is 0. The fraction of sp³-hybridized carbons (Fsp3) is 0.174. The lowest BCUT2D eigenvalue weighted by Gasteiger charge is -2.29. The first kappa shape index (κ1) is 17.8. The van der Waals surface area contributed by atoms with Crippen molar-refractivity contribution in [2.24, 2.45) is 0 Å². The molecule has 3 aromatic rings. The van der Waals surface area contributed by atoms with Crippen LogP contribution in [0.4, 0.5) is 5.69 Å². The van der Waals surface area contributed by atoms with Gasteiger partial charge in [-0.05, 0) is 41.1 Å². The predicted octanol–water partition coefficient (Wildman–Crippen LogP) is 4.93. The van der Waals surface area contributed by atoms with Gasteiger partial charge >= 0.3 is 0 Å². The van der Waals surface area contributed by atoms with E-state index in [2.05, 4.69) is 36.6 Å². The molecule has 1 atom stereocenters. The van der Waals surface area contributed by atoms with Crippen LogP contribution in [-0.4, -0.2) is 24.2 Å². The van der Waals surface area contributed by atoms with Crippen molar-refractivity contribution in [3.05, 3.63) is 95.6 Å². The van der Waals surface area contributed by atoms with Crippen LogP contribution in [0.25, 0.3) is 0 Å². The Hall–Kier alpha value is -2.56. The molecule has 0 radical (unpaired) electrons. The Balaban J connectivity index is 1.65. The minimum atomic E-state index is -0.247. The second-order valence-corrected chi connectivity index (χ2v) is 7.60. The van der Waals surface area contributed by atoms with E-state index < -0.39 is 0 Å². The van der Waals surface area contributed by atoms with Gasteiger partial charge in [0.2, 0.25) is 0 Å². The molecule has 136 valence electrons. The van der Waals surface area contributed by atoms with Crippen LogP contribution in [0.1, 0.15) is 22.6 Å². The number of thioether (sulfide) groups is 1. The summed E-state index contributed by atoms with van der Waals surface area (Å²) in [6, 6.07) is 26.6. The lowest BCUT2D eigenvalue weighted by molar-refractivity contribution is -0.121. The predicted molar refractivity (Wildman–Crippen MR) is 112 cm³/mol. The highest BCUT2D eigenvalue weighted by molar-refractivity contribution is 7.98. The topological polar surface area (TPSA) is 23.6 Å². The third kappa shape index (κ3) is 3.38. The minimum Gasteiger partial charge on any atom is -0.272 e. The fourth-order valence-corrected chi connectivity index (χ4v) is 4.09. The molecule has 27 heavy (non-hydrogen) atoms. The third-order valence-electron chi connectivity index (χ3n) is 4.98. The van der Waals surface area contributed by atoms with Crippen molar-refractivity contribution in [2.45, 2.75) is 17.4 Å². The van der Waals surface area contributed by atoms with Crippen molar-refractivity contribution < 1.29 is 4.79 Å². The number of anilines is 1. The summed E-state index contributed by atoms with van der Waals surface area (Å²) in [7, 11) is 1.98. The zero-order valence-electron chi connectivity index (χ0n) is 15.5. The summed E-state index contributed by atoms with van der Waals surface area (Å²) in [5, 5.41) is 3.84. The maximum Gasteiger partial charge on any atom is 0.253 e.